The van der Waals surface area contributed by atoms with Crippen LogP contribution >= 0.6 is 0 Å². The third-order valence-electron chi connectivity index (χ3n) is 1.52. The quantitative estimate of drug-likeness (QED) is 0.704. The number of aromatic hydroxyl groups is 1. The van der Waals surface area contributed by atoms with Crippen molar-refractivity contribution in [2.45, 2.75) is 6.42 Å². The molecule has 1 aromatic rings. The summed E-state index contributed by atoms with van der Waals surface area (Å²) in [5, 5.41) is 25.8. The Kier molecular flexibility index (Phi) is 2.47. The summed E-state index contributed by atoms with van der Waals surface area (Å²) in [4.78, 5) is 0. The zero-order chi connectivity index (χ0) is 9.84. The molecule has 0 heterocycles. The van der Waals surface area contributed by atoms with Gasteiger partial charge in [-0.15, -0.1) is 0 Å². The average molecular weight is 176 g/mol. The van der Waals surface area contributed by atoms with Gasteiger partial charge in [0.1, 0.15) is 23.2 Å². The fraction of sp³-hybridized carbons (Fsp3) is 0.111. The molecule has 0 bridgehead atoms. The first-order valence-corrected chi connectivity index (χ1v) is 3.47. The highest BCUT2D eigenvalue weighted by atomic mass is 19.1. The van der Waals surface area contributed by atoms with Crippen molar-refractivity contribution < 1.29 is 9.50 Å². The van der Waals surface area contributed by atoms with Gasteiger partial charge < -0.3 is 5.11 Å². The normalized spacial score (nSPS) is 8.85. The van der Waals surface area contributed by atoms with Crippen molar-refractivity contribution in [3.05, 3.63) is 29.1 Å². The van der Waals surface area contributed by atoms with Crippen molar-refractivity contribution in [3.63, 3.8) is 0 Å². The predicted octanol–water partition coefficient (Wildman–Crippen LogP) is 1.47. The van der Waals surface area contributed by atoms with E-state index in [2.05, 4.69) is 0 Å². The molecule has 0 aliphatic carbocycles. The molecule has 0 spiro atoms. The first-order valence-electron chi connectivity index (χ1n) is 3.47. The van der Waals surface area contributed by atoms with Crippen LogP contribution in [0, 0.1) is 28.5 Å². The number of halogens is 1. The molecule has 0 aliphatic heterocycles. The van der Waals surface area contributed by atoms with Crippen molar-refractivity contribution in [1.29, 1.82) is 10.5 Å². The lowest BCUT2D eigenvalue weighted by molar-refractivity contribution is 0.465. The lowest BCUT2D eigenvalue weighted by Crippen LogP contribution is -1.89. The molecule has 0 atom stereocenters. The van der Waals surface area contributed by atoms with Crippen LogP contribution in [-0.4, -0.2) is 5.11 Å². The van der Waals surface area contributed by atoms with Gasteiger partial charge in [0.2, 0.25) is 0 Å². The highest BCUT2D eigenvalue weighted by Gasteiger charge is 2.09. The molecule has 1 N–H and O–H groups in total. The Morgan fingerprint density at radius 3 is 2.54 bits per heavy atom. The van der Waals surface area contributed by atoms with Crippen LogP contribution in [0.5, 0.6) is 5.75 Å². The Balaban J connectivity index is 3.24. The van der Waals surface area contributed by atoms with E-state index in [1.807, 2.05) is 6.07 Å². The van der Waals surface area contributed by atoms with Crippen LogP contribution in [0.2, 0.25) is 0 Å². The highest BCUT2D eigenvalue weighted by molar-refractivity contribution is 5.45. The van der Waals surface area contributed by atoms with E-state index in [4.69, 9.17) is 15.6 Å². The van der Waals surface area contributed by atoms with E-state index in [9.17, 15) is 4.39 Å². The second-order valence-electron chi connectivity index (χ2n) is 2.42. The van der Waals surface area contributed by atoms with Gasteiger partial charge in [0.05, 0.1) is 12.5 Å². The number of phenolic OH excluding ortho intramolecular Hbond substituents is 1. The van der Waals surface area contributed by atoms with Gasteiger partial charge in [-0.3, -0.25) is 0 Å². The number of nitriles is 2. The monoisotopic (exact) mass is 176 g/mol. The Bertz CT molecular complexity index is 392. The van der Waals surface area contributed by atoms with E-state index < -0.39 is 11.6 Å². The summed E-state index contributed by atoms with van der Waals surface area (Å²) in [6, 6.07) is 5.62. The molecule has 0 aromatic heterocycles. The van der Waals surface area contributed by atoms with Crippen molar-refractivity contribution in [1.82, 2.24) is 0 Å². The first-order chi connectivity index (χ1) is 6.19. The van der Waals surface area contributed by atoms with Crippen LogP contribution in [0.25, 0.3) is 0 Å². The number of benzene rings is 1. The molecule has 3 nitrogen and oxygen atoms in total. The standard InChI is InChI=1S/C9H5FN2O/c10-8-3-6(1-2-11)4-9(13)7(8)5-12/h3-4,13H,1H2. The van der Waals surface area contributed by atoms with Gasteiger partial charge >= 0.3 is 0 Å². The Labute approximate surface area is 74.3 Å². The number of phenols is 1. The number of hydrogen-bond acceptors (Lipinski definition) is 3. The number of nitrogens with zero attached hydrogens (tertiary/aromatic N) is 2. The van der Waals surface area contributed by atoms with Crippen LogP contribution in [0.1, 0.15) is 11.1 Å². The molecule has 0 amide bonds. The lowest BCUT2D eigenvalue weighted by Gasteiger charge is -2.00. The number of rotatable bonds is 1. The minimum Gasteiger partial charge on any atom is -0.506 e. The van der Waals surface area contributed by atoms with Crippen LogP contribution in [-0.2, 0) is 6.42 Å². The maximum absolute atomic E-state index is 12.9. The van der Waals surface area contributed by atoms with Crippen LogP contribution in [0.15, 0.2) is 12.1 Å². The highest BCUT2D eigenvalue weighted by Crippen LogP contribution is 2.21. The molecule has 0 saturated heterocycles. The third-order valence-corrected chi connectivity index (χ3v) is 1.52. The largest absolute Gasteiger partial charge is 0.506 e. The van der Waals surface area contributed by atoms with E-state index in [-0.39, 0.29) is 12.0 Å². The molecule has 1 rings (SSSR count). The van der Waals surface area contributed by atoms with Gasteiger partial charge in [0, 0.05) is 0 Å². The molecule has 64 valence electrons. The molecular formula is C9H5FN2O. The first kappa shape index (κ1) is 9.02. The van der Waals surface area contributed by atoms with Crippen molar-refractivity contribution in [2.75, 3.05) is 0 Å². The minimum absolute atomic E-state index is 0.0101. The maximum atomic E-state index is 12.9. The van der Waals surface area contributed by atoms with Gasteiger partial charge in [0.15, 0.2) is 0 Å². The average Bonchev–Trinajstić information content (AvgIpc) is 2.04. The molecule has 0 aliphatic rings. The SMILES string of the molecule is N#CCc1cc(O)c(C#N)c(F)c1. The summed E-state index contributed by atoms with van der Waals surface area (Å²) in [5.41, 5.74) is -0.0295. The molecule has 4 heteroatoms. The summed E-state index contributed by atoms with van der Waals surface area (Å²) >= 11 is 0. The van der Waals surface area contributed by atoms with Crippen LogP contribution < -0.4 is 0 Å². The molecule has 1 aromatic carbocycles. The second kappa shape index (κ2) is 3.55. The summed E-state index contributed by atoms with van der Waals surface area (Å²) in [6.45, 7) is 0. The van der Waals surface area contributed by atoms with Crippen LogP contribution in [0.3, 0.4) is 0 Å². The van der Waals surface area contributed by atoms with E-state index in [0.29, 0.717) is 5.56 Å². The van der Waals surface area contributed by atoms with E-state index in [1.54, 1.807) is 0 Å². The Morgan fingerprint density at radius 2 is 2.08 bits per heavy atom. The van der Waals surface area contributed by atoms with E-state index in [1.165, 1.54) is 12.1 Å². The van der Waals surface area contributed by atoms with Gasteiger partial charge in [-0.05, 0) is 17.7 Å². The van der Waals surface area contributed by atoms with Gasteiger partial charge in [-0.25, -0.2) is 4.39 Å². The third kappa shape index (κ3) is 1.74. The predicted molar refractivity (Wildman–Crippen MR) is 42.1 cm³/mol. The van der Waals surface area contributed by atoms with Gasteiger partial charge in [-0.2, -0.15) is 10.5 Å². The summed E-state index contributed by atoms with van der Waals surface area (Å²) in [7, 11) is 0. The fourth-order valence-electron chi connectivity index (χ4n) is 0.951. The molecule has 0 fully saturated rings. The maximum Gasteiger partial charge on any atom is 0.145 e. The van der Waals surface area contributed by atoms with E-state index in [0.717, 1.165) is 6.07 Å². The molecular weight excluding hydrogens is 171 g/mol. The topological polar surface area (TPSA) is 67.8 Å². The van der Waals surface area contributed by atoms with Crippen molar-refractivity contribution in [3.8, 4) is 17.9 Å². The van der Waals surface area contributed by atoms with E-state index >= 15 is 0 Å². The van der Waals surface area contributed by atoms with Crippen molar-refractivity contribution in [2.24, 2.45) is 0 Å². The minimum atomic E-state index is -0.798. The Hall–Kier alpha value is -2.07. The molecule has 0 saturated carbocycles. The van der Waals surface area contributed by atoms with Gasteiger partial charge in [-0.1, -0.05) is 0 Å². The van der Waals surface area contributed by atoms with Crippen molar-refractivity contribution >= 4 is 0 Å². The summed E-state index contributed by atoms with van der Waals surface area (Å²) < 4.78 is 12.9. The van der Waals surface area contributed by atoms with Gasteiger partial charge in [0.25, 0.3) is 0 Å². The van der Waals surface area contributed by atoms with Crippen LogP contribution in [0.4, 0.5) is 4.39 Å². The second-order valence-corrected chi connectivity index (χ2v) is 2.42. The zero-order valence-electron chi connectivity index (χ0n) is 6.58. The zero-order valence-corrected chi connectivity index (χ0v) is 6.58. The Morgan fingerprint density at radius 1 is 1.38 bits per heavy atom. The smallest absolute Gasteiger partial charge is 0.145 e. The summed E-state index contributed by atoms with van der Waals surface area (Å²) in [5.74, 6) is -1.22. The molecule has 13 heavy (non-hydrogen) atoms. The lowest BCUT2D eigenvalue weighted by atomic mass is 10.1. The summed E-state index contributed by atoms with van der Waals surface area (Å²) in [6.07, 6.45) is 0.0101. The molecule has 0 radical (unpaired) electrons. The fourth-order valence-corrected chi connectivity index (χ4v) is 0.951. The number of hydrogen-bond donors (Lipinski definition) is 1. The molecule has 0 unspecified atom stereocenters.